The third-order valence-corrected chi connectivity index (χ3v) is 3.73. The van der Waals surface area contributed by atoms with E-state index in [4.69, 9.17) is 9.47 Å². The smallest absolute Gasteiger partial charge is 0.231 e. The number of hydrogen-bond acceptors (Lipinski definition) is 4. The first-order valence-electron chi connectivity index (χ1n) is 6.49. The minimum Gasteiger partial charge on any atom is -0.454 e. The van der Waals surface area contributed by atoms with Crippen LogP contribution in [0.5, 0.6) is 11.5 Å². The minimum atomic E-state index is 0.322. The molecular weight excluding hydrogens is 242 g/mol. The number of benzene rings is 1. The highest BCUT2D eigenvalue weighted by Gasteiger charge is 2.22. The largest absolute Gasteiger partial charge is 0.454 e. The Kier molecular flexibility index (Phi) is 2.45. The first-order valence-corrected chi connectivity index (χ1v) is 6.49. The highest BCUT2D eigenvalue weighted by molar-refractivity contribution is 5.44. The summed E-state index contributed by atoms with van der Waals surface area (Å²) in [5, 5.41) is 3.30. The van der Waals surface area contributed by atoms with Crippen LogP contribution in [0.2, 0.25) is 0 Å². The van der Waals surface area contributed by atoms with Gasteiger partial charge >= 0.3 is 0 Å². The SMILES string of the molecule is c1cc2c(cc1Cn1cncc1C1CNC1)OCO2. The van der Waals surface area contributed by atoms with Crippen LogP contribution >= 0.6 is 0 Å². The zero-order chi connectivity index (χ0) is 12.7. The van der Waals surface area contributed by atoms with Crippen molar-refractivity contribution >= 4 is 0 Å². The van der Waals surface area contributed by atoms with Gasteiger partial charge in [-0.3, -0.25) is 0 Å². The molecule has 0 saturated carbocycles. The Morgan fingerprint density at radius 2 is 2.16 bits per heavy atom. The van der Waals surface area contributed by atoms with Crippen LogP contribution in [0.1, 0.15) is 17.2 Å². The molecule has 2 aromatic rings. The van der Waals surface area contributed by atoms with E-state index in [1.807, 2.05) is 24.7 Å². The van der Waals surface area contributed by atoms with Crippen molar-refractivity contribution < 1.29 is 9.47 Å². The standard InChI is InChI=1S/C14H15N3O2/c1-2-13-14(19-9-18-13)3-10(1)7-17-8-16-6-12(17)11-4-15-5-11/h1-3,6,8,11,15H,4-5,7,9H2. The molecule has 2 aliphatic heterocycles. The number of imidazole rings is 1. The topological polar surface area (TPSA) is 48.3 Å². The van der Waals surface area contributed by atoms with E-state index in [-0.39, 0.29) is 0 Å². The molecule has 98 valence electrons. The normalized spacial score (nSPS) is 17.5. The molecule has 0 radical (unpaired) electrons. The molecule has 1 fully saturated rings. The summed E-state index contributed by atoms with van der Waals surface area (Å²) in [5.74, 6) is 2.26. The fourth-order valence-electron chi connectivity index (χ4n) is 2.54. The summed E-state index contributed by atoms with van der Waals surface area (Å²) < 4.78 is 13.0. The third kappa shape index (κ3) is 1.86. The van der Waals surface area contributed by atoms with E-state index in [0.29, 0.717) is 12.7 Å². The summed E-state index contributed by atoms with van der Waals surface area (Å²) in [6, 6.07) is 6.10. The van der Waals surface area contributed by atoms with Gasteiger partial charge in [0.25, 0.3) is 0 Å². The molecule has 1 saturated heterocycles. The molecule has 3 heterocycles. The van der Waals surface area contributed by atoms with Gasteiger partial charge in [0.2, 0.25) is 6.79 Å². The van der Waals surface area contributed by atoms with Crippen molar-refractivity contribution in [2.45, 2.75) is 12.5 Å². The Bertz CT molecular complexity index is 604. The second-order valence-corrected chi connectivity index (χ2v) is 4.99. The molecule has 4 rings (SSSR count). The summed E-state index contributed by atoms with van der Waals surface area (Å²) in [5.41, 5.74) is 2.51. The lowest BCUT2D eigenvalue weighted by atomic mass is 10.00. The Hall–Kier alpha value is -2.01. The first-order chi connectivity index (χ1) is 9.40. The van der Waals surface area contributed by atoms with E-state index < -0.39 is 0 Å². The Morgan fingerprint density at radius 3 is 3.00 bits per heavy atom. The van der Waals surface area contributed by atoms with Crippen molar-refractivity contribution in [1.29, 1.82) is 0 Å². The van der Waals surface area contributed by atoms with Crippen LogP contribution in [0.25, 0.3) is 0 Å². The highest BCUT2D eigenvalue weighted by atomic mass is 16.7. The average Bonchev–Trinajstić information content (AvgIpc) is 2.96. The number of aromatic nitrogens is 2. The lowest BCUT2D eigenvalue weighted by molar-refractivity contribution is 0.174. The van der Waals surface area contributed by atoms with Crippen LogP contribution in [-0.2, 0) is 6.54 Å². The molecule has 0 aliphatic carbocycles. The molecule has 0 spiro atoms. The summed E-state index contributed by atoms with van der Waals surface area (Å²) >= 11 is 0. The Labute approximate surface area is 111 Å². The van der Waals surface area contributed by atoms with Crippen molar-refractivity contribution in [1.82, 2.24) is 14.9 Å². The number of nitrogens with one attached hydrogen (secondary N) is 1. The molecule has 1 N–H and O–H groups in total. The highest BCUT2D eigenvalue weighted by Crippen LogP contribution is 2.33. The van der Waals surface area contributed by atoms with Crippen molar-refractivity contribution in [3.63, 3.8) is 0 Å². The van der Waals surface area contributed by atoms with Gasteiger partial charge in [-0.15, -0.1) is 0 Å². The van der Waals surface area contributed by atoms with E-state index >= 15 is 0 Å². The van der Waals surface area contributed by atoms with Crippen LogP contribution in [0.15, 0.2) is 30.7 Å². The molecular formula is C14H15N3O2. The number of nitrogens with zero attached hydrogens (tertiary/aromatic N) is 2. The fourth-order valence-corrected chi connectivity index (χ4v) is 2.54. The van der Waals surface area contributed by atoms with E-state index in [9.17, 15) is 0 Å². The molecule has 1 aromatic carbocycles. The van der Waals surface area contributed by atoms with Crippen LogP contribution in [0.4, 0.5) is 0 Å². The summed E-state index contributed by atoms with van der Waals surface area (Å²) in [6.07, 6.45) is 3.87. The van der Waals surface area contributed by atoms with Crippen LogP contribution < -0.4 is 14.8 Å². The number of hydrogen-bond donors (Lipinski definition) is 1. The molecule has 0 amide bonds. The van der Waals surface area contributed by atoms with Crippen molar-refractivity contribution in [3.05, 3.63) is 42.0 Å². The second kappa shape index (κ2) is 4.28. The molecule has 1 aromatic heterocycles. The summed E-state index contributed by atoms with van der Waals surface area (Å²) in [4.78, 5) is 4.27. The van der Waals surface area contributed by atoms with Crippen LogP contribution in [0.3, 0.4) is 0 Å². The number of fused-ring (bicyclic) bond motifs is 1. The van der Waals surface area contributed by atoms with Gasteiger partial charge in [-0.25, -0.2) is 4.98 Å². The fraction of sp³-hybridized carbons (Fsp3) is 0.357. The van der Waals surface area contributed by atoms with E-state index in [0.717, 1.165) is 31.1 Å². The van der Waals surface area contributed by atoms with E-state index in [2.05, 4.69) is 20.9 Å². The lowest BCUT2D eigenvalue weighted by Gasteiger charge is -2.27. The maximum Gasteiger partial charge on any atom is 0.231 e. The molecule has 5 nitrogen and oxygen atoms in total. The molecule has 0 unspecified atom stereocenters. The summed E-state index contributed by atoms with van der Waals surface area (Å²) in [6.45, 7) is 3.24. The second-order valence-electron chi connectivity index (χ2n) is 4.99. The maximum atomic E-state index is 5.41. The Balaban J connectivity index is 1.59. The van der Waals surface area contributed by atoms with Gasteiger partial charge in [0.05, 0.1) is 6.33 Å². The van der Waals surface area contributed by atoms with Gasteiger partial charge in [0.15, 0.2) is 11.5 Å². The van der Waals surface area contributed by atoms with Crippen LogP contribution in [0, 0.1) is 0 Å². The lowest BCUT2D eigenvalue weighted by Crippen LogP contribution is -2.40. The van der Waals surface area contributed by atoms with Gasteiger partial charge < -0.3 is 19.4 Å². The van der Waals surface area contributed by atoms with Crippen molar-refractivity contribution in [2.24, 2.45) is 0 Å². The molecule has 2 aliphatic rings. The van der Waals surface area contributed by atoms with E-state index in [1.54, 1.807) is 0 Å². The number of rotatable bonds is 3. The number of ether oxygens (including phenoxy) is 2. The zero-order valence-electron chi connectivity index (χ0n) is 10.5. The van der Waals surface area contributed by atoms with Crippen molar-refractivity contribution in [2.75, 3.05) is 19.9 Å². The average molecular weight is 257 g/mol. The monoisotopic (exact) mass is 257 g/mol. The first kappa shape index (κ1) is 10.9. The molecule has 19 heavy (non-hydrogen) atoms. The maximum absolute atomic E-state index is 5.41. The van der Waals surface area contributed by atoms with Gasteiger partial charge in [-0.05, 0) is 17.7 Å². The predicted octanol–water partition coefficient (Wildman–Crippen LogP) is 1.35. The molecule has 0 bridgehead atoms. The molecule has 5 heteroatoms. The van der Waals surface area contributed by atoms with Crippen LogP contribution in [-0.4, -0.2) is 29.4 Å². The van der Waals surface area contributed by atoms with Gasteiger partial charge in [0, 0.05) is 37.4 Å². The van der Waals surface area contributed by atoms with E-state index in [1.165, 1.54) is 11.3 Å². The van der Waals surface area contributed by atoms with Gasteiger partial charge in [0.1, 0.15) is 0 Å². The Morgan fingerprint density at radius 1 is 1.26 bits per heavy atom. The zero-order valence-corrected chi connectivity index (χ0v) is 10.5. The van der Waals surface area contributed by atoms with Gasteiger partial charge in [-0.1, -0.05) is 6.07 Å². The van der Waals surface area contributed by atoms with Crippen molar-refractivity contribution in [3.8, 4) is 11.5 Å². The summed E-state index contributed by atoms with van der Waals surface area (Å²) in [7, 11) is 0. The quantitative estimate of drug-likeness (QED) is 0.901. The third-order valence-electron chi connectivity index (χ3n) is 3.73. The minimum absolute atomic E-state index is 0.322. The van der Waals surface area contributed by atoms with Gasteiger partial charge in [-0.2, -0.15) is 0 Å². The predicted molar refractivity (Wildman–Crippen MR) is 69.5 cm³/mol. The molecule has 0 atom stereocenters.